The van der Waals surface area contributed by atoms with Crippen LogP contribution >= 0.6 is 0 Å². The first kappa shape index (κ1) is 11.8. The third-order valence-corrected chi connectivity index (χ3v) is 2.82. The highest BCUT2D eigenvalue weighted by atomic mass is 16.4. The first-order valence-corrected chi connectivity index (χ1v) is 5.71. The predicted octanol–water partition coefficient (Wildman–Crippen LogP) is 0.0733. The van der Waals surface area contributed by atoms with Gasteiger partial charge in [0.2, 0.25) is 0 Å². The Kier molecular flexibility index (Phi) is 3.87. The molecule has 0 radical (unpaired) electrons. The van der Waals surface area contributed by atoms with E-state index in [1.807, 2.05) is 4.90 Å². The van der Waals surface area contributed by atoms with E-state index in [9.17, 15) is 4.79 Å². The largest absolute Gasteiger partial charge is 0.480 e. The standard InChI is InChI=1S/C11H16N4O2/c16-11(17)9-14-4-1-5-15(7-6-14)10-8-12-2-3-13-10/h2-3,8H,1,4-7,9H2,(H,16,17). The number of aliphatic carboxylic acids is 1. The van der Waals surface area contributed by atoms with Crippen LogP contribution in [0, 0.1) is 0 Å². The summed E-state index contributed by atoms with van der Waals surface area (Å²) in [5.41, 5.74) is 0. The predicted molar refractivity (Wildman–Crippen MR) is 62.9 cm³/mol. The summed E-state index contributed by atoms with van der Waals surface area (Å²) in [6, 6.07) is 0. The van der Waals surface area contributed by atoms with Gasteiger partial charge in [-0.2, -0.15) is 0 Å². The lowest BCUT2D eigenvalue weighted by Gasteiger charge is -2.21. The van der Waals surface area contributed by atoms with Gasteiger partial charge in [-0.1, -0.05) is 0 Å². The lowest BCUT2D eigenvalue weighted by atomic mass is 10.4. The number of aromatic nitrogens is 2. The van der Waals surface area contributed by atoms with Crippen LogP contribution in [0.5, 0.6) is 0 Å². The van der Waals surface area contributed by atoms with Crippen molar-refractivity contribution < 1.29 is 9.90 Å². The highest BCUT2D eigenvalue weighted by Gasteiger charge is 2.17. The highest BCUT2D eigenvalue weighted by molar-refractivity contribution is 5.69. The Balaban J connectivity index is 1.94. The maximum Gasteiger partial charge on any atom is 0.317 e. The Bertz CT molecular complexity index is 371. The molecule has 0 saturated carbocycles. The fourth-order valence-corrected chi connectivity index (χ4v) is 2.00. The van der Waals surface area contributed by atoms with Crippen molar-refractivity contribution in [1.29, 1.82) is 0 Å². The first-order valence-electron chi connectivity index (χ1n) is 5.71. The summed E-state index contributed by atoms with van der Waals surface area (Å²) >= 11 is 0. The normalized spacial score (nSPS) is 17.8. The number of carboxylic acids is 1. The van der Waals surface area contributed by atoms with Crippen molar-refractivity contribution >= 4 is 11.8 Å². The van der Waals surface area contributed by atoms with E-state index in [0.717, 1.165) is 38.4 Å². The Morgan fingerprint density at radius 2 is 2.18 bits per heavy atom. The van der Waals surface area contributed by atoms with Gasteiger partial charge in [0.05, 0.1) is 12.7 Å². The number of carbonyl (C=O) groups is 1. The Hall–Kier alpha value is -1.69. The van der Waals surface area contributed by atoms with Gasteiger partial charge in [-0.05, 0) is 6.42 Å². The van der Waals surface area contributed by atoms with E-state index in [1.165, 1.54) is 0 Å². The molecule has 0 unspecified atom stereocenters. The molecule has 0 bridgehead atoms. The van der Waals surface area contributed by atoms with Crippen molar-refractivity contribution in [2.75, 3.05) is 37.6 Å². The Morgan fingerprint density at radius 1 is 1.29 bits per heavy atom. The molecule has 2 heterocycles. The summed E-state index contributed by atoms with van der Waals surface area (Å²) in [5.74, 6) is 0.0997. The fourth-order valence-electron chi connectivity index (χ4n) is 2.00. The summed E-state index contributed by atoms with van der Waals surface area (Å²) in [6.07, 6.45) is 6.02. The molecule has 1 aliphatic heterocycles. The van der Waals surface area contributed by atoms with Crippen LogP contribution < -0.4 is 4.90 Å². The molecule has 92 valence electrons. The molecule has 6 nitrogen and oxygen atoms in total. The monoisotopic (exact) mass is 236 g/mol. The van der Waals surface area contributed by atoms with Crippen molar-refractivity contribution in [3.63, 3.8) is 0 Å². The van der Waals surface area contributed by atoms with Crippen molar-refractivity contribution in [2.45, 2.75) is 6.42 Å². The number of nitrogens with zero attached hydrogens (tertiary/aromatic N) is 4. The van der Waals surface area contributed by atoms with E-state index >= 15 is 0 Å². The van der Waals surface area contributed by atoms with Crippen LogP contribution in [0.25, 0.3) is 0 Å². The lowest BCUT2D eigenvalue weighted by molar-refractivity contribution is -0.138. The van der Waals surface area contributed by atoms with E-state index < -0.39 is 5.97 Å². The van der Waals surface area contributed by atoms with Gasteiger partial charge in [-0.15, -0.1) is 0 Å². The molecule has 0 spiro atoms. The molecule has 1 fully saturated rings. The maximum atomic E-state index is 10.7. The quantitative estimate of drug-likeness (QED) is 0.801. The first-order chi connectivity index (χ1) is 8.25. The second-order valence-corrected chi connectivity index (χ2v) is 4.07. The van der Waals surface area contributed by atoms with Crippen molar-refractivity contribution in [2.24, 2.45) is 0 Å². The molecule has 6 heteroatoms. The zero-order valence-electron chi connectivity index (χ0n) is 9.62. The number of anilines is 1. The van der Waals surface area contributed by atoms with Crippen LogP contribution in [0.3, 0.4) is 0 Å². The fraction of sp³-hybridized carbons (Fsp3) is 0.545. The van der Waals surface area contributed by atoms with Crippen LogP contribution in [-0.4, -0.2) is 58.7 Å². The number of rotatable bonds is 3. The van der Waals surface area contributed by atoms with Crippen LogP contribution in [0.1, 0.15) is 6.42 Å². The van der Waals surface area contributed by atoms with Gasteiger partial charge in [0.1, 0.15) is 5.82 Å². The van der Waals surface area contributed by atoms with Crippen LogP contribution in [0.2, 0.25) is 0 Å². The third kappa shape index (κ3) is 3.39. The van der Waals surface area contributed by atoms with E-state index in [4.69, 9.17) is 5.11 Å². The molecule has 2 rings (SSSR count). The van der Waals surface area contributed by atoms with Crippen molar-refractivity contribution in [1.82, 2.24) is 14.9 Å². The van der Waals surface area contributed by atoms with Gasteiger partial charge in [0, 0.05) is 38.6 Å². The average molecular weight is 236 g/mol. The maximum absolute atomic E-state index is 10.7. The summed E-state index contributed by atoms with van der Waals surface area (Å²) in [4.78, 5) is 23.1. The minimum atomic E-state index is -0.766. The van der Waals surface area contributed by atoms with Crippen LogP contribution in [-0.2, 0) is 4.79 Å². The van der Waals surface area contributed by atoms with Crippen molar-refractivity contribution in [3.8, 4) is 0 Å². The van der Waals surface area contributed by atoms with E-state index in [2.05, 4.69) is 14.9 Å². The summed E-state index contributed by atoms with van der Waals surface area (Å²) in [5, 5.41) is 8.76. The van der Waals surface area contributed by atoms with E-state index in [-0.39, 0.29) is 6.54 Å². The zero-order valence-corrected chi connectivity index (χ0v) is 9.62. The molecular formula is C11H16N4O2. The zero-order chi connectivity index (χ0) is 12.1. The summed E-state index contributed by atoms with van der Waals surface area (Å²) in [7, 11) is 0. The van der Waals surface area contributed by atoms with Crippen LogP contribution in [0.4, 0.5) is 5.82 Å². The molecule has 1 aromatic rings. The lowest BCUT2D eigenvalue weighted by Crippen LogP contribution is -2.34. The molecular weight excluding hydrogens is 220 g/mol. The summed E-state index contributed by atoms with van der Waals surface area (Å²) < 4.78 is 0. The van der Waals surface area contributed by atoms with Gasteiger partial charge in [-0.3, -0.25) is 14.7 Å². The molecule has 0 aliphatic carbocycles. The van der Waals surface area contributed by atoms with Gasteiger partial charge in [0.15, 0.2) is 0 Å². The number of hydrogen-bond donors (Lipinski definition) is 1. The minimum absolute atomic E-state index is 0.119. The molecule has 17 heavy (non-hydrogen) atoms. The molecule has 0 aromatic carbocycles. The second kappa shape index (κ2) is 5.58. The Labute approximate surface area is 99.9 Å². The molecule has 0 amide bonds. The van der Waals surface area contributed by atoms with Gasteiger partial charge >= 0.3 is 5.97 Å². The van der Waals surface area contributed by atoms with Gasteiger partial charge in [0.25, 0.3) is 0 Å². The topological polar surface area (TPSA) is 69.6 Å². The van der Waals surface area contributed by atoms with Crippen molar-refractivity contribution in [3.05, 3.63) is 18.6 Å². The Morgan fingerprint density at radius 3 is 2.88 bits per heavy atom. The SMILES string of the molecule is O=C(O)CN1CCCN(c2cnccn2)CC1. The van der Waals surface area contributed by atoms with Gasteiger partial charge < -0.3 is 10.0 Å². The molecule has 1 N–H and O–H groups in total. The average Bonchev–Trinajstić information content (AvgIpc) is 2.55. The second-order valence-electron chi connectivity index (χ2n) is 4.07. The number of carboxylic acid groups (broad SMARTS) is 1. The minimum Gasteiger partial charge on any atom is -0.480 e. The number of hydrogen-bond acceptors (Lipinski definition) is 5. The van der Waals surface area contributed by atoms with Gasteiger partial charge in [-0.25, -0.2) is 4.98 Å². The third-order valence-electron chi connectivity index (χ3n) is 2.82. The van der Waals surface area contributed by atoms with Crippen LogP contribution in [0.15, 0.2) is 18.6 Å². The smallest absolute Gasteiger partial charge is 0.317 e. The highest BCUT2D eigenvalue weighted by Crippen LogP contribution is 2.11. The molecule has 1 saturated heterocycles. The molecule has 1 aliphatic rings. The van der Waals surface area contributed by atoms with E-state index in [0.29, 0.717) is 0 Å². The summed E-state index contributed by atoms with van der Waals surface area (Å²) in [6.45, 7) is 3.39. The molecule has 0 atom stereocenters. The molecule has 1 aromatic heterocycles. The van der Waals surface area contributed by atoms with E-state index in [1.54, 1.807) is 18.6 Å².